The molecule has 0 saturated carbocycles. The van der Waals surface area contributed by atoms with Gasteiger partial charge in [-0.05, 0) is 46.3 Å². The zero-order chi connectivity index (χ0) is 14.7. The first-order valence-corrected chi connectivity index (χ1v) is 7.69. The van der Waals surface area contributed by atoms with Crippen molar-refractivity contribution in [2.75, 3.05) is 0 Å². The van der Waals surface area contributed by atoms with E-state index in [4.69, 9.17) is 4.74 Å². The van der Waals surface area contributed by atoms with Crippen molar-refractivity contribution < 1.29 is 9.53 Å². The summed E-state index contributed by atoms with van der Waals surface area (Å²) in [7, 11) is 0. The lowest BCUT2D eigenvalue weighted by Crippen LogP contribution is -2.04. The molecule has 0 fully saturated rings. The van der Waals surface area contributed by atoms with Crippen molar-refractivity contribution in [1.82, 2.24) is 9.97 Å². The monoisotopic (exact) mass is 360 g/mol. The number of ether oxygens (including phenoxy) is 1. The van der Waals surface area contributed by atoms with E-state index in [9.17, 15) is 4.79 Å². The van der Waals surface area contributed by atoms with Gasteiger partial charge in [0.25, 0.3) is 0 Å². The summed E-state index contributed by atoms with van der Waals surface area (Å²) < 4.78 is 6.76. The molecular weight excluding hydrogens is 352 g/mol. The molecular formula is C15H9BrN2O2S. The van der Waals surface area contributed by atoms with Gasteiger partial charge in [0.1, 0.15) is 9.61 Å². The number of nitrogens with zero attached hydrogens (tertiary/aromatic N) is 2. The standard InChI is InChI=1S/C15H9BrN2O2S/c16-15-11(5-3-9-17-15)20-14(19)8-7-13-18-10-4-1-2-6-12(10)21-13/h1-9H. The SMILES string of the molecule is O=C(C=Cc1nc2ccccc2s1)Oc1cccnc1Br. The lowest BCUT2D eigenvalue weighted by atomic mass is 10.3. The summed E-state index contributed by atoms with van der Waals surface area (Å²) >= 11 is 4.74. The minimum atomic E-state index is -0.469. The van der Waals surface area contributed by atoms with Gasteiger partial charge in [0.05, 0.1) is 10.2 Å². The smallest absolute Gasteiger partial charge is 0.336 e. The molecule has 0 saturated heterocycles. The number of carbonyl (C=O) groups is 1. The van der Waals surface area contributed by atoms with Crippen molar-refractivity contribution in [2.24, 2.45) is 0 Å². The number of para-hydroxylation sites is 1. The van der Waals surface area contributed by atoms with Crippen LogP contribution in [-0.2, 0) is 4.79 Å². The van der Waals surface area contributed by atoms with Crippen LogP contribution in [0.3, 0.4) is 0 Å². The minimum absolute atomic E-state index is 0.386. The Bertz CT molecular complexity index is 796. The molecule has 21 heavy (non-hydrogen) atoms. The number of hydrogen-bond acceptors (Lipinski definition) is 5. The van der Waals surface area contributed by atoms with Crippen LogP contribution in [0.15, 0.2) is 53.3 Å². The molecule has 0 radical (unpaired) electrons. The summed E-state index contributed by atoms with van der Waals surface area (Å²) in [6.45, 7) is 0. The first-order chi connectivity index (χ1) is 10.2. The topological polar surface area (TPSA) is 52.1 Å². The van der Waals surface area contributed by atoms with Gasteiger partial charge in [-0.15, -0.1) is 11.3 Å². The van der Waals surface area contributed by atoms with E-state index in [1.54, 1.807) is 24.4 Å². The van der Waals surface area contributed by atoms with Crippen molar-refractivity contribution in [2.45, 2.75) is 0 Å². The number of benzene rings is 1. The first kappa shape index (κ1) is 13.9. The highest BCUT2D eigenvalue weighted by molar-refractivity contribution is 9.10. The lowest BCUT2D eigenvalue weighted by Gasteiger charge is -2.01. The van der Waals surface area contributed by atoms with E-state index in [1.807, 2.05) is 24.3 Å². The Morgan fingerprint density at radius 2 is 2.10 bits per heavy atom. The van der Waals surface area contributed by atoms with E-state index in [1.165, 1.54) is 17.4 Å². The van der Waals surface area contributed by atoms with Gasteiger partial charge >= 0.3 is 5.97 Å². The molecule has 3 aromatic rings. The molecule has 0 spiro atoms. The number of esters is 1. The average Bonchev–Trinajstić information content (AvgIpc) is 2.90. The molecule has 2 heterocycles. The highest BCUT2D eigenvalue weighted by Crippen LogP contribution is 2.23. The molecule has 0 aliphatic heterocycles. The third-order valence-electron chi connectivity index (χ3n) is 2.61. The minimum Gasteiger partial charge on any atom is -0.420 e. The molecule has 0 aliphatic rings. The van der Waals surface area contributed by atoms with Crippen LogP contribution in [0.4, 0.5) is 0 Å². The molecule has 6 heteroatoms. The summed E-state index contributed by atoms with van der Waals surface area (Å²) in [5.41, 5.74) is 0.922. The van der Waals surface area contributed by atoms with Crippen molar-refractivity contribution in [3.05, 3.63) is 58.3 Å². The van der Waals surface area contributed by atoms with E-state index in [2.05, 4.69) is 25.9 Å². The fourth-order valence-corrected chi connectivity index (χ4v) is 2.89. The van der Waals surface area contributed by atoms with Crippen molar-refractivity contribution in [3.8, 4) is 5.75 Å². The largest absolute Gasteiger partial charge is 0.420 e. The van der Waals surface area contributed by atoms with Gasteiger partial charge in [-0.3, -0.25) is 0 Å². The molecule has 0 atom stereocenters. The Balaban J connectivity index is 1.73. The van der Waals surface area contributed by atoms with E-state index in [0.717, 1.165) is 15.2 Å². The fraction of sp³-hybridized carbons (Fsp3) is 0. The molecule has 1 aromatic carbocycles. The summed E-state index contributed by atoms with van der Waals surface area (Å²) in [4.78, 5) is 20.2. The van der Waals surface area contributed by atoms with Crippen LogP contribution < -0.4 is 4.74 Å². The zero-order valence-corrected chi connectivity index (χ0v) is 13.1. The number of hydrogen-bond donors (Lipinski definition) is 0. The second-order valence-corrected chi connectivity index (χ2v) is 5.88. The summed E-state index contributed by atoms with van der Waals surface area (Å²) in [6, 6.07) is 11.2. The van der Waals surface area contributed by atoms with E-state index < -0.39 is 5.97 Å². The predicted molar refractivity (Wildman–Crippen MR) is 86.2 cm³/mol. The summed E-state index contributed by atoms with van der Waals surface area (Å²) in [6.07, 6.45) is 4.62. The average molecular weight is 361 g/mol. The number of halogens is 1. The molecule has 3 rings (SSSR count). The maximum atomic E-state index is 11.8. The van der Waals surface area contributed by atoms with Gasteiger partial charge in [0, 0.05) is 12.3 Å². The number of aromatic nitrogens is 2. The molecule has 0 N–H and O–H groups in total. The molecule has 104 valence electrons. The second kappa shape index (κ2) is 6.15. The Hall–Kier alpha value is -2.05. The van der Waals surface area contributed by atoms with Gasteiger partial charge in [-0.2, -0.15) is 0 Å². The maximum Gasteiger partial charge on any atom is 0.336 e. The van der Waals surface area contributed by atoms with Gasteiger partial charge < -0.3 is 4.74 Å². The van der Waals surface area contributed by atoms with Crippen LogP contribution in [0, 0.1) is 0 Å². The Morgan fingerprint density at radius 1 is 1.24 bits per heavy atom. The van der Waals surface area contributed by atoms with Crippen LogP contribution in [-0.4, -0.2) is 15.9 Å². The molecule has 0 aliphatic carbocycles. The Kier molecular flexibility index (Phi) is 4.08. The lowest BCUT2D eigenvalue weighted by molar-refractivity contribution is -0.128. The quantitative estimate of drug-likeness (QED) is 0.401. The molecule has 0 bridgehead atoms. The van der Waals surface area contributed by atoms with Crippen molar-refractivity contribution in [3.63, 3.8) is 0 Å². The number of carbonyl (C=O) groups excluding carboxylic acids is 1. The van der Waals surface area contributed by atoms with Crippen molar-refractivity contribution in [1.29, 1.82) is 0 Å². The van der Waals surface area contributed by atoms with Gasteiger partial charge in [-0.25, -0.2) is 14.8 Å². The summed E-state index contributed by atoms with van der Waals surface area (Å²) in [5.74, 6) is -0.0839. The number of rotatable bonds is 3. The van der Waals surface area contributed by atoms with E-state index >= 15 is 0 Å². The normalized spacial score (nSPS) is 11.1. The van der Waals surface area contributed by atoms with Crippen LogP contribution in [0.1, 0.15) is 5.01 Å². The Labute approximate surface area is 133 Å². The fourth-order valence-electron chi connectivity index (χ4n) is 1.69. The van der Waals surface area contributed by atoms with Crippen LogP contribution >= 0.6 is 27.3 Å². The van der Waals surface area contributed by atoms with E-state index in [-0.39, 0.29) is 0 Å². The molecule has 0 amide bonds. The van der Waals surface area contributed by atoms with E-state index in [0.29, 0.717) is 10.4 Å². The highest BCUT2D eigenvalue weighted by Gasteiger charge is 2.06. The molecule has 0 unspecified atom stereocenters. The third-order valence-corrected chi connectivity index (χ3v) is 4.21. The third kappa shape index (κ3) is 3.34. The van der Waals surface area contributed by atoms with Crippen LogP contribution in [0.5, 0.6) is 5.75 Å². The van der Waals surface area contributed by atoms with Crippen molar-refractivity contribution >= 4 is 49.5 Å². The number of fused-ring (bicyclic) bond motifs is 1. The van der Waals surface area contributed by atoms with Crippen LogP contribution in [0.2, 0.25) is 0 Å². The highest BCUT2D eigenvalue weighted by atomic mass is 79.9. The number of pyridine rings is 1. The molecule has 2 aromatic heterocycles. The van der Waals surface area contributed by atoms with Gasteiger partial charge in [0.15, 0.2) is 5.75 Å². The molecule has 4 nitrogen and oxygen atoms in total. The maximum absolute atomic E-state index is 11.8. The zero-order valence-electron chi connectivity index (χ0n) is 10.7. The number of thiazole rings is 1. The van der Waals surface area contributed by atoms with Gasteiger partial charge in [0.2, 0.25) is 0 Å². The van der Waals surface area contributed by atoms with Gasteiger partial charge in [-0.1, -0.05) is 12.1 Å². The summed E-state index contributed by atoms with van der Waals surface area (Å²) in [5, 5.41) is 0.762. The van der Waals surface area contributed by atoms with Crippen LogP contribution in [0.25, 0.3) is 16.3 Å². The second-order valence-electron chi connectivity index (χ2n) is 4.07. The predicted octanol–water partition coefficient (Wildman–Crippen LogP) is 4.07. The Morgan fingerprint density at radius 3 is 2.90 bits per heavy atom. The first-order valence-electron chi connectivity index (χ1n) is 6.08.